The van der Waals surface area contributed by atoms with Crippen molar-refractivity contribution in [2.75, 3.05) is 38.0 Å². The number of para-hydroxylation sites is 1. The van der Waals surface area contributed by atoms with Gasteiger partial charge in [0.15, 0.2) is 4.75 Å². The number of carbonyl (C=O) groups is 2. The standard InChI is InChI=1S/C16H21N3O2S/c1-3-18-8-10-19(11-9-18)15(21)16(2)14(20)17-12-6-4-5-7-13(12)22-16/h4-7H,3,8-11H2,1-2H3,(H,17,20). The fourth-order valence-electron chi connectivity index (χ4n) is 2.88. The number of rotatable bonds is 2. The second-order valence-electron chi connectivity index (χ2n) is 5.81. The van der Waals surface area contributed by atoms with E-state index in [4.69, 9.17) is 0 Å². The molecule has 1 N–H and O–H groups in total. The Morgan fingerprint density at radius 3 is 2.64 bits per heavy atom. The number of carbonyl (C=O) groups excluding carboxylic acids is 2. The van der Waals surface area contributed by atoms with Crippen molar-refractivity contribution in [3.63, 3.8) is 0 Å². The smallest absolute Gasteiger partial charge is 0.250 e. The number of hydrogen-bond acceptors (Lipinski definition) is 4. The fourth-order valence-corrected chi connectivity index (χ4v) is 4.05. The number of hydrogen-bond donors (Lipinski definition) is 1. The largest absolute Gasteiger partial charge is 0.338 e. The van der Waals surface area contributed by atoms with Gasteiger partial charge in [-0.1, -0.05) is 30.8 Å². The SMILES string of the molecule is CCN1CCN(C(=O)C2(C)Sc3ccccc3NC2=O)CC1. The quantitative estimate of drug-likeness (QED) is 0.842. The number of nitrogens with zero attached hydrogens (tertiary/aromatic N) is 2. The lowest BCUT2D eigenvalue weighted by atomic mass is 10.1. The average Bonchev–Trinajstić information content (AvgIpc) is 2.55. The topological polar surface area (TPSA) is 52.6 Å². The molecule has 22 heavy (non-hydrogen) atoms. The van der Waals surface area contributed by atoms with Crippen molar-refractivity contribution < 1.29 is 9.59 Å². The number of anilines is 1. The van der Waals surface area contributed by atoms with Crippen LogP contribution in [-0.4, -0.2) is 59.1 Å². The number of piperazine rings is 1. The lowest BCUT2D eigenvalue weighted by Crippen LogP contribution is -2.58. The average molecular weight is 319 g/mol. The van der Waals surface area contributed by atoms with Gasteiger partial charge in [-0.05, 0) is 25.6 Å². The van der Waals surface area contributed by atoms with Crippen LogP contribution in [0.2, 0.25) is 0 Å². The Morgan fingerprint density at radius 1 is 1.27 bits per heavy atom. The van der Waals surface area contributed by atoms with E-state index < -0.39 is 4.75 Å². The Hall–Kier alpha value is -1.53. The Morgan fingerprint density at radius 2 is 1.95 bits per heavy atom. The maximum absolute atomic E-state index is 12.9. The molecule has 1 unspecified atom stereocenters. The summed E-state index contributed by atoms with van der Waals surface area (Å²) in [6, 6.07) is 7.62. The fraction of sp³-hybridized carbons (Fsp3) is 0.500. The van der Waals surface area contributed by atoms with Gasteiger partial charge >= 0.3 is 0 Å². The van der Waals surface area contributed by atoms with E-state index in [1.165, 1.54) is 11.8 Å². The molecule has 2 heterocycles. The Labute approximate surface area is 135 Å². The van der Waals surface area contributed by atoms with Crippen LogP contribution in [0.15, 0.2) is 29.2 Å². The van der Waals surface area contributed by atoms with Gasteiger partial charge in [-0.2, -0.15) is 0 Å². The molecular formula is C16H21N3O2S. The third-order valence-electron chi connectivity index (χ3n) is 4.40. The van der Waals surface area contributed by atoms with Gasteiger partial charge < -0.3 is 15.1 Å². The molecule has 1 fully saturated rings. The molecule has 0 bridgehead atoms. The number of likely N-dealkylation sites (N-methyl/N-ethyl adjacent to an activating group) is 1. The Kier molecular flexibility index (Phi) is 4.14. The lowest BCUT2D eigenvalue weighted by molar-refractivity contribution is -0.139. The number of benzene rings is 1. The molecule has 1 atom stereocenters. The van der Waals surface area contributed by atoms with Crippen molar-refractivity contribution in [2.24, 2.45) is 0 Å². The van der Waals surface area contributed by atoms with Gasteiger partial charge in [-0.3, -0.25) is 9.59 Å². The van der Waals surface area contributed by atoms with Crippen molar-refractivity contribution in [1.82, 2.24) is 9.80 Å². The summed E-state index contributed by atoms with van der Waals surface area (Å²) in [6.45, 7) is 8.00. The van der Waals surface area contributed by atoms with Crippen LogP contribution in [0.3, 0.4) is 0 Å². The molecule has 2 aliphatic rings. The molecule has 0 saturated carbocycles. The van der Waals surface area contributed by atoms with E-state index in [-0.39, 0.29) is 11.8 Å². The first-order chi connectivity index (χ1) is 10.5. The van der Waals surface area contributed by atoms with Crippen molar-refractivity contribution in [3.8, 4) is 0 Å². The monoisotopic (exact) mass is 319 g/mol. The van der Waals surface area contributed by atoms with E-state index in [2.05, 4.69) is 17.1 Å². The van der Waals surface area contributed by atoms with Crippen LogP contribution in [0, 0.1) is 0 Å². The minimum absolute atomic E-state index is 0.0831. The van der Waals surface area contributed by atoms with Crippen LogP contribution in [0.1, 0.15) is 13.8 Å². The molecule has 5 nitrogen and oxygen atoms in total. The van der Waals surface area contributed by atoms with Crippen LogP contribution in [0.5, 0.6) is 0 Å². The minimum atomic E-state index is -1.08. The third-order valence-corrected chi connectivity index (χ3v) is 5.74. The molecule has 0 aliphatic carbocycles. The van der Waals surface area contributed by atoms with Gasteiger partial charge in [0, 0.05) is 31.1 Å². The third kappa shape index (κ3) is 2.61. The van der Waals surface area contributed by atoms with E-state index in [9.17, 15) is 9.59 Å². The van der Waals surface area contributed by atoms with Crippen molar-refractivity contribution in [2.45, 2.75) is 23.5 Å². The summed E-state index contributed by atoms with van der Waals surface area (Å²) < 4.78 is -1.08. The second-order valence-corrected chi connectivity index (χ2v) is 7.27. The molecule has 1 aromatic carbocycles. The normalized spacial score (nSPS) is 25.5. The summed E-state index contributed by atoms with van der Waals surface area (Å²) in [5.41, 5.74) is 0.790. The van der Waals surface area contributed by atoms with Crippen LogP contribution >= 0.6 is 11.8 Å². The van der Waals surface area contributed by atoms with E-state index in [1.807, 2.05) is 29.2 Å². The molecule has 0 aromatic heterocycles. The second kappa shape index (κ2) is 5.93. The Balaban J connectivity index is 1.78. The zero-order valence-electron chi connectivity index (χ0n) is 13.0. The maximum Gasteiger partial charge on any atom is 0.250 e. The highest BCUT2D eigenvalue weighted by atomic mass is 32.2. The highest BCUT2D eigenvalue weighted by Crippen LogP contribution is 2.43. The molecule has 6 heteroatoms. The number of fused-ring (bicyclic) bond motifs is 1. The first-order valence-corrected chi connectivity index (χ1v) is 8.47. The summed E-state index contributed by atoms with van der Waals surface area (Å²) in [7, 11) is 0. The maximum atomic E-state index is 12.9. The predicted molar refractivity (Wildman–Crippen MR) is 88.0 cm³/mol. The van der Waals surface area contributed by atoms with Crippen LogP contribution in [0.4, 0.5) is 5.69 Å². The molecule has 0 spiro atoms. The minimum Gasteiger partial charge on any atom is -0.338 e. The van der Waals surface area contributed by atoms with E-state index in [0.717, 1.165) is 30.2 Å². The van der Waals surface area contributed by atoms with E-state index in [0.29, 0.717) is 13.1 Å². The van der Waals surface area contributed by atoms with Gasteiger partial charge in [0.2, 0.25) is 11.8 Å². The van der Waals surface area contributed by atoms with Gasteiger partial charge in [-0.15, -0.1) is 0 Å². The van der Waals surface area contributed by atoms with Gasteiger partial charge in [0.25, 0.3) is 0 Å². The molecule has 2 amide bonds. The van der Waals surface area contributed by atoms with Gasteiger partial charge in [-0.25, -0.2) is 0 Å². The van der Waals surface area contributed by atoms with Gasteiger partial charge in [0.1, 0.15) is 0 Å². The first kappa shape index (κ1) is 15.4. The van der Waals surface area contributed by atoms with Gasteiger partial charge in [0.05, 0.1) is 5.69 Å². The number of thioether (sulfide) groups is 1. The molecular weight excluding hydrogens is 298 g/mol. The van der Waals surface area contributed by atoms with E-state index >= 15 is 0 Å². The highest BCUT2D eigenvalue weighted by Gasteiger charge is 2.48. The van der Waals surface area contributed by atoms with Crippen molar-refractivity contribution in [3.05, 3.63) is 24.3 Å². The predicted octanol–water partition coefficient (Wildman–Crippen LogP) is 1.65. The van der Waals surface area contributed by atoms with Crippen molar-refractivity contribution in [1.29, 1.82) is 0 Å². The first-order valence-electron chi connectivity index (χ1n) is 7.66. The zero-order valence-corrected chi connectivity index (χ0v) is 13.8. The lowest BCUT2D eigenvalue weighted by Gasteiger charge is -2.40. The van der Waals surface area contributed by atoms with Crippen LogP contribution in [-0.2, 0) is 9.59 Å². The van der Waals surface area contributed by atoms with Crippen LogP contribution in [0.25, 0.3) is 0 Å². The summed E-state index contributed by atoms with van der Waals surface area (Å²) >= 11 is 1.36. The van der Waals surface area contributed by atoms with Crippen molar-refractivity contribution >= 4 is 29.3 Å². The number of amides is 2. The molecule has 118 valence electrons. The molecule has 1 aromatic rings. The summed E-state index contributed by atoms with van der Waals surface area (Å²) in [4.78, 5) is 30.5. The van der Waals surface area contributed by atoms with E-state index in [1.54, 1.807) is 6.92 Å². The summed E-state index contributed by atoms with van der Waals surface area (Å²) in [5.74, 6) is -0.306. The summed E-state index contributed by atoms with van der Waals surface area (Å²) in [5, 5.41) is 2.87. The van der Waals surface area contributed by atoms with Crippen LogP contribution < -0.4 is 5.32 Å². The zero-order chi connectivity index (χ0) is 15.7. The number of nitrogens with one attached hydrogen (secondary N) is 1. The molecule has 2 aliphatic heterocycles. The Bertz CT molecular complexity index is 599. The molecule has 3 rings (SSSR count). The highest BCUT2D eigenvalue weighted by molar-refractivity contribution is 8.02. The molecule has 0 radical (unpaired) electrons. The molecule has 1 saturated heterocycles. The summed E-state index contributed by atoms with van der Waals surface area (Å²) in [6.07, 6.45) is 0.